The van der Waals surface area contributed by atoms with Crippen LogP contribution in [0, 0.1) is 17.1 Å². The SMILES string of the molecule is CCCCOc1c(Cl)cc(C(=O)Oc2ccc3c(c2)OC(N)=C(C#N)C3c2ccc(OCc3ccccc3F)cc2)cc1Cl. The maximum absolute atomic E-state index is 14.0. The van der Waals surface area contributed by atoms with Gasteiger partial charge in [0.2, 0.25) is 5.88 Å². The molecule has 0 saturated carbocycles. The molecule has 0 spiro atoms. The summed E-state index contributed by atoms with van der Waals surface area (Å²) in [6.07, 6.45) is 1.79. The summed E-state index contributed by atoms with van der Waals surface area (Å²) in [5.41, 5.74) is 8.36. The van der Waals surface area contributed by atoms with Crippen molar-refractivity contribution in [3.05, 3.63) is 128 Å². The summed E-state index contributed by atoms with van der Waals surface area (Å²) in [5.74, 6) is -0.286. The monoisotopic (exact) mass is 632 g/mol. The molecule has 4 aromatic rings. The second-order valence-corrected chi connectivity index (χ2v) is 10.7. The third kappa shape index (κ3) is 6.75. The molecule has 7 nitrogen and oxygen atoms in total. The maximum atomic E-state index is 14.0. The van der Waals surface area contributed by atoms with Crippen LogP contribution in [0.25, 0.3) is 0 Å². The molecule has 1 aliphatic rings. The van der Waals surface area contributed by atoms with E-state index in [0.717, 1.165) is 18.4 Å². The van der Waals surface area contributed by atoms with E-state index in [9.17, 15) is 14.4 Å². The minimum Gasteiger partial charge on any atom is -0.490 e. The van der Waals surface area contributed by atoms with E-state index >= 15 is 0 Å². The van der Waals surface area contributed by atoms with Crippen LogP contribution in [-0.2, 0) is 6.61 Å². The Morgan fingerprint density at radius 1 is 1.00 bits per heavy atom. The Kier molecular flexibility index (Phi) is 9.59. The van der Waals surface area contributed by atoms with Gasteiger partial charge in [0.05, 0.1) is 28.1 Å². The molecule has 0 amide bonds. The molecule has 0 radical (unpaired) electrons. The molecule has 224 valence electrons. The second kappa shape index (κ2) is 13.7. The van der Waals surface area contributed by atoms with Crippen molar-refractivity contribution >= 4 is 29.2 Å². The Bertz CT molecular complexity index is 1750. The van der Waals surface area contributed by atoms with Crippen molar-refractivity contribution in [1.82, 2.24) is 0 Å². The molecule has 1 unspecified atom stereocenters. The van der Waals surface area contributed by atoms with Crippen LogP contribution in [0.15, 0.2) is 90.3 Å². The van der Waals surface area contributed by atoms with Crippen LogP contribution in [0.5, 0.6) is 23.0 Å². The van der Waals surface area contributed by atoms with Gasteiger partial charge in [-0.05, 0) is 48.4 Å². The van der Waals surface area contributed by atoms with Gasteiger partial charge in [0.15, 0.2) is 5.75 Å². The molecule has 1 heterocycles. The van der Waals surface area contributed by atoms with Gasteiger partial charge < -0.3 is 24.7 Å². The Hall–Kier alpha value is -4.71. The Balaban J connectivity index is 1.34. The minimum atomic E-state index is -0.687. The smallest absolute Gasteiger partial charge is 0.343 e. The third-order valence-electron chi connectivity index (χ3n) is 6.94. The number of nitriles is 1. The zero-order chi connectivity index (χ0) is 31.2. The molecule has 1 aliphatic heterocycles. The minimum absolute atomic E-state index is 0.0643. The van der Waals surface area contributed by atoms with Crippen molar-refractivity contribution in [2.75, 3.05) is 6.61 Å². The number of carbonyl (C=O) groups excluding carboxylic acids is 1. The zero-order valence-electron chi connectivity index (χ0n) is 23.6. The fourth-order valence-electron chi connectivity index (χ4n) is 4.68. The number of fused-ring (bicyclic) bond motifs is 1. The topological polar surface area (TPSA) is 104 Å². The van der Waals surface area contributed by atoms with Crippen LogP contribution in [-0.4, -0.2) is 12.6 Å². The maximum Gasteiger partial charge on any atom is 0.343 e. The first kappa shape index (κ1) is 30.7. The summed E-state index contributed by atoms with van der Waals surface area (Å²) >= 11 is 12.7. The van der Waals surface area contributed by atoms with Gasteiger partial charge >= 0.3 is 5.97 Å². The number of carbonyl (C=O) groups is 1. The summed E-state index contributed by atoms with van der Waals surface area (Å²) in [6, 6.07) is 23.3. The summed E-state index contributed by atoms with van der Waals surface area (Å²) in [6.45, 7) is 2.56. The highest BCUT2D eigenvalue weighted by atomic mass is 35.5. The number of rotatable bonds is 10. The van der Waals surface area contributed by atoms with E-state index < -0.39 is 11.9 Å². The Morgan fingerprint density at radius 3 is 2.39 bits per heavy atom. The number of halogens is 3. The van der Waals surface area contributed by atoms with Gasteiger partial charge in [-0.15, -0.1) is 0 Å². The van der Waals surface area contributed by atoms with E-state index in [1.54, 1.807) is 54.6 Å². The lowest BCUT2D eigenvalue weighted by Crippen LogP contribution is -2.21. The van der Waals surface area contributed by atoms with Gasteiger partial charge in [-0.25, -0.2) is 9.18 Å². The number of allylic oxidation sites excluding steroid dienone is 1. The van der Waals surface area contributed by atoms with E-state index in [2.05, 4.69) is 6.07 Å². The molecular formula is C34H27Cl2FN2O5. The number of hydrogen-bond donors (Lipinski definition) is 1. The predicted molar refractivity (Wildman–Crippen MR) is 165 cm³/mol. The van der Waals surface area contributed by atoms with Gasteiger partial charge in [-0.3, -0.25) is 0 Å². The summed E-state index contributed by atoms with van der Waals surface area (Å²) < 4.78 is 36.7. The van der Waals surface area contributed by atoms with E-state index in [0.29, 0.717) is 35.0 Å². The molecule has 4 aromatic carbocycles. The van der Waals surface area contributed by atoms with Crippen LogP contribution in [0.3, 0.4) is 0 Å². The van der Waals surface area contributed by atoms with Crippen LogP contribution < -0.4 is 24.7 Å². The Morgan fingerprint density at radius 2 is 1.70 bits per heavy atom. The van der Waals surface area contributed by atoms with Crippen LogP contribution >= 0.6 is 23.2 Å². The number of benzene rings is 4. The highest BCUT2D eigenvalue weighted by molar-refractivity contribution is 6.37. The lowest BCUT2D eigenvalue weighted by atomic mass is 9.83. The van der Waals surface area contributed by atoms with Crippen LogP contribution in [0.4, 0.5) is 4.39 Å². The molecule has 0 aliphatic carbocycles. The second-order valence-electron chi connectivity index (χ2n) is 9.93. The van der Waals surface area contributed by atoms with E-state index in [1.165, 1.54) is 24.3 Å². The van der Waals surface area contributed by atoms with Crippen molar-refractivity contribution in [2.24, 2.45) is 5.73 Å². The average molecular weight is 634 g/mol. The summed E-state index contributed by atoms with van der Waals surface area (Å²) in [4.78, 5) is 13.0. The lowest BCUT2D eigenvalue weighted by Gasteiger charge is -2.27. The standard InChI is InChI=1S/C34H27Cl2FN2O5/c1-2-3-14-41-32-27(35)15-22(16-28(32)36)34(40)43-24-12-13-25-30(17-24)44-33(39)26(18-38)31(25)20-8-10-23(11-9-20)42-19-21-6-4-5-7-29(21)37/h4-13,15-17,31H,2-3,14,19,39H2,1H3. The molecule has 5 rings (SSSR count). The van der Waals surface area contributed by atoms with Crippen molar-refractivity contribution in [1.29, 1.82) is 5.26 Å². The largest absolute Gasteiger partial charge is 0.490 e. The van der Waals surface area contributed by atoms with E-state index in [-0.39, 0.29) is 45.2 Å². The van der Waals surface area contributed by atoms with Crippen LogP contribution in [0.2, 0.25) is 10.0 Å². The highest BCUT2D eigenvalue weighted by Gasteiger charge is 2.31. The fourth-order valence-corrected chi connectivity index (χ4v) is 5.27. The highest BCUT2D eigenvalue weighted by Crippen LogP contribution is 2.44. The molecule has 0 fully saturated rings. The summed E-state index contributed by atoms with van der Waals surface area (Å²) in [7, 11) is 0. The number of esters is 1. The quantitative estimate of drug-likeness (QED) is 0.106. The van der Waals surface area contributed by atoms with E-state index in [4.69, 9.17) is 47.9 Å². The third-order valence-corrected chi connectivity index (χ3v) is 7.51. The number of ether oxygens (including phenoxy) is 4. The molecule has 0 saturated heterocycles. The van der Waals surface area contributed by atoms with Crippen LogP contribution in [0.1, 0.15) is 52.7 Å². The molecular weight excluding hydrogens is 606 g/mol. The summed E-state index contributed by atoms with van der Waals surface area (Å²) in [5, 5.41) is 10.3. The van der Waals surface area contributed by atoms with Gasteiger partial charge in [-0.1, -0.05) is 72.9 Å². The molecule has 0 bridgehead atoms. The lowest BCUT2D eigenvalue weighted by molar-refractivity contribution is 0.0734. The van der Waals surface area contributed by atoms with Crippen molar-refractivity contribution in [3.63, 3.8) is 0 Å². The molecule has 44 heavy (non-hydrogen) atoms. The first-order valence-corrected chi connectivity index (χ1v) is 14.6. The number of nitrogens with two attached hydrogens (primary N) is 1. The Labute approximate surface area is 264 Å². The number of unbranched alkanes of at least 4 members (excludes halogenated alkanes) is 1. The van der Waals surface area contributed by atoms with Gasteiger partial charge in [0, 0.05) is 17.2 Å². The predicted octanol–water partition coefficient (Wildman–Crippen LogP) is 8.33. The van der Waals surface area contributed by atoms with Crippen molar-refractivity contribution in [3.8, 4) is 29.1 Å². The first-order chi connectivity index (χ1) is 21.3. The molecule has 2 N–H and O–H groups in total. The van der Waals surface area contributed by atoms with Gasteiger partial charge in [0.25, 0.3) is 0 Å². The van der Waals surface area contributed by atoms with Crippen molar-refractivity contribution in [2.45, 2.75) is 32.3 Å². The van der Waals surface area contributed by atoms with E-state index in [1.807, 2.05) is 6.92 Å². The van der Waals surface area contributed by atoms with Crippen molar-refractivity contribution < 1.29 is 28.1 Å². The normalized spacial score (nSPS) is 13.8. The van der Waals surface area contributed by atoms with Gasteiger partial charge in [-0.2, -0.15) is 5.26 Å². The molecule has 1 atom stereocenters. The zero-order valence-corrected chi connectivity index (χ0v) is 25.1. The molecule has 0 aromatic heterocycles. The molecule has 10 heteroatoms. The van der Waals surface area contributed by atoms with Gasteiger partial charge in [0.1, 0.15) is 41.3 Å². The average Bonchev–Trinajstić information content (AvgIpc) is 3.01. The fraction of sp³-hybridized carbons (Fsp3) is 0.176. The number of hydrogen-bond acceptors (Lipinski definition) is 7. The first-order valence-electron chi connectivity index (χ1n) is 13.8. The number of nitrogens with zero attached hydrogens (tertiary/aromatic N) is 1.